The lowest BCUT2D eigenvalue weighted by molar-refractivity contribution is 0.0796. The van der Waals surface area contributed by atoms with Crippen molar-refractivity contribution in [2.75, 3.05) is 30.8 Å². The monoisotopic (exact) mass is 345 g/mol. The van der Waals surface area contributed by atoms with Crippen LogP contribution in [-0.2, 0) is 0 Å². The van der Waals surface area contributed by atoms with Crippen LogP contribution in [-0.4, -0.2) is 37.0 Å². The predicted octanol–water partition coefficient (Wildman–Crippen LogP) is 3.45. The van der Waals surface area contributed by atoms with E-state index in [1.807, 2.05) is 0 Å². The Balaban J connectivity index is 1.75. The van der Waals surface area contributed by atoms with Crippen molar-refractivity contribution in [3.05, 3.63) is 53.1 Å². The summed E-state index contributed by atoms with van der Waals surface area (Å²) in [4.78, 5) is 26.0. The van der Waals surface area contributed by atoms with Crippen molar-refractivity contribution >= 4 is 34.9 Å². The summed E-state index contributed by atoms with van der Waals surface area (Å²) in [5, 5.41) is 5.91. The minimum atomic E-state index is -0.424. The first kappa shape index (κ1) is 16.1. The molecule has 1 aliphatic rings. The standard InChI is InChI=1S/C17H16ClN3O3/c1-21-7-8-24-15-6-5-13(10-14(15)16(21)22)20-17(23)19-12-4-2-3-11(18)9-12/h2-6,9-10H,7-8H2,1H3,(H2,19,20,23). The zero-order valence-electron chi connectivity index (χ0n) is 13.0. The zero-order valence-corrected chi connectivity index (χ0v) is 13.8. The number of hydrogen-bond acceptors (Lipinski definition) is 3. The molecule has 0 fully saturated rings. The number of carbonyl (C=O) groups excluding carboxylic acids is 2. The van der Waals surface area contributed by atoms with E-state index in [4.69, 9.17) is 16.3 Å². The van der Waals surface area contributed by atoms with Crippen molar-refractivity contribution in [3.8, 4) is 5.75 Å². The van der Waals surface area contributed by atoms with Gasteiger partial charge in [-0.3, -0.25) is 4.79 Å². The lowest BCUT2D eigenvalue weighted by Crippen LogP contribution is -2.28. The van der Waals surface area contributed by atoms with Crippen molar-refractivity contribution in [1.29, 1.82) is 0 Å². The first-order valence-electron chi connectivity index (χ1n) is 7.39. The van der Waals surface area contributed by atoms with Crippen LogP contribution in [0.25, 0.3) is 0 Å². The first-order valence-corrected chi connectivity index (χ1v) is 7.76. The molecular formula is C17H16ClN3O3. The normalized spacial score (nSPS) is 13.6. The SMILES string of the molecule is CN1CCOc2ccc(NC(=O)Nc3cccc(Cl)c3)cc2C1=O. The summed E-state index contributed by atoms with van der Waals surface area (Å²) in [6.07, 6.45) is 0. The number of amides is 3. The van der Waals surface area contributed by atoms with Crippen molar-refractivity contribution in [2.24, 2.45) is 0 Å². The van der Waals surface area contributed by atoms with E-state index in [1.165, 1.54) is 0 Å². The summed E-state index contributed by atoms with van der Waals surface area (Å²) < 4.78 is 5.55. The summed E-state index contributed by atoms with van der Waals surface area (Å²) in [5.41, 5.74) is 1.50. The van der Waals surface area contributed by atoms with Crippen LogP contribution in [0.1, 0.15) is 10.4 Å². The van der Waals surface area contributed by atoms with Gasteiger partial charge >= 0.3 is 6.03 Å². The molecule has 3 amide bonds. The molecule has 24 heavy (non-hydrogen) atoms. The molecule has 0 saturated heterocycles. The number of anilines is 2. The fourth-order valence-corrected chi connectivity index (χ4v) is 2.55. The number of likely N-dealkylation sites (N-methyl/N-ethyl adjacent to an activating group) is 1. The molecule has 0 atom stereocenters. The fraction of sp³-hybridized carbons (Fsp3) is 0.176. The number of nitrogens with one attached hydrogen (secondary N) is 2. The van der Waals surface area contributed by atoms with Crippen LogP contribution in [0.3, 0.4) is 0 Å². The van der Waals surface area contributed by atoms with Crippen molar-refractivity contribution in [2.45, 2.75) is 0 Å². The highest BCUT2D eigenvalue weighted by Gasteiger charge is 2.21. The fourth-order valence-electron chi connectivity index (χ4n) is 2.36. The summed E-state index contributed by atoms with van der Waals surface area (Å²) in [6.45, 7) is 0.961. The largest absolute Gasteiger partial charge is 0.491 e. The Morgan fingerprint density at radius 2 is 1.92 bits per heavy atom. The summed E-state index contributed by atoms with van der Waals surface area (Å²) in [6, 6.07) is 11.4. The number of rotatable bonds is 2. The minimum Gasteiger partial charge on any atom is -0.491 e. The van der Waals surface area contributed by atoms with Crippen molar-refractivity contribution in [3.63, 3.8) is 0 Å². The maximum absolute atomic E-state index is 12.3. The Kier molecular flexibility index (Phi) is 4.57. The second kappa shape index (κ2) is 6.80. The summed E-state index contributed by atoms with van der Waals surface area (Å²) in [7, 11) is 1.72. The molecule has 0 aromatic heterocycles. The van der Waals surface area contributed by atoms with Crippen molar-refractivity contribution < 1.29 is 14.3 Å². The molecule has 1 heterocycles. The number of carbonyl (C=O) groups is 2. The first-order chi connectivity index (χ1) is 11.5. The number of fused-ring (bicyclic) bond motifs is 1. The average Bonchev–Trinajstić information content (AvgIpc) is 2.67. The Labute approximate surface area is 144 Å². The van der Waals surface area contributed by atoms with E-state index >= 15 is 0 Å². The molecule has 0 radical (unpaired) electrons. The van der Waals surface area contributed by atoms with Gasteiger partial charge in [0, 0.05) is 23.4 Å². The van der Waals surface area contributed by atoms with E-state index in [0.717, 1.165) is 0 Å². The number of halogens is 1. The molecule has 0 aliphatic carbocycles. The van der Waals surface area contributed by atoms with Gasteiger partial charge in [-0.1, -0.05) is 17.7 Å². The van der Waals surface area contributed by atoms with Gasteiger partial charge in [-0.05, 0) is 36.4 Å². The number of urea groups is 1. The lowest BCUT2D eigenvalue weighted by atomic mass is 10.1. The Bertz CT molecular complexity index is 794. The Morgan fingerprint density at radius 3 is 2.67 bits per heavy atom. The summed E-state index contributed by atoms with van der Waals surface area (Å²) >= 11 is 5.89. The quantitative estimate of drug-likeness (QED) is 0.875. The molecule has 0 spiro atoms. The maximum Gasteiger partial charge on any atom is 0.323 e. The van der Waals surface area contributed by atoms with Crippen LogP contribution in [0.4, 0.5) is 16.2 Å². The molecule has 2 aromatic carbocycles. The minimum absolute atomic E-state index is 0.138. The van der Waals surface area contributed by atoms with Crippen LogP contribution < -0.4 is 15.4 Å². The Hall–Kier alpha value is -2.73. The third kappa shape index (κ3) is 3.60. The van der Waals surface area contributed by atoms with Gasteiger partial charge in [-0.15, -0.1) is 0 Å². The van der Waals surface area contributed by atoms with E-state index in [-0.39, 0.29) is 5.91 Å². The van der Waals surface area contributed by atoms with Crippen LogP contribution in [0.2, 0.25) is 5.02 Å². The van der Waals surface area contributed by atoms with Crippen LogP contribution in [0.15, 0.2) is 42.5 Å². The maximum atomic E-state index is 12.3. The highest BCUT2D eigenvalue weighted by Crippen LogP contribution is 2.26. The van der Waals surface area contributed by atoms with E-state index in [0.29, 0.717) is 40.9 Å². The lowest BCUT2D eigenvalue weighted by Gasteiger charge is -2.13. The molecule has 3 rings (SSSR count). The van der Waals surface area contributed by atoms with Gasteiger partial charge in [0.2, 0.25) is 0 Å². The van der Waals surface area contributed by atoms with Gasteiger partial charge in [0.05, 0.1) is 12.1 Å². The van der Waals surface area contributed by atoms with Crippen LogP contribution in [0, 0.1) is 0 Å². The van der Waals surface area contributed by atoms with Gasteiger partial charge in [0.15, 0.2) is 0 Å². The average molecular weight is 346 g/mol. The van der Waals surface area contributed by atoms with Gasteiger partial charge in [-0.2, -0.15) is 0 Å². The predicted molar refractivity (Wildman–Crippen MR) is 93.0 cm³/mol. The van der Waals surface area contributed by atoms with E-state index in [2.05, 4.69) is 10.6 Å². The van der Waals surface area contributed by atoms with Gasteiger partial charge in [0.1, 0.15) is 12.4 Å². The van der Waals surface area contributed by atoms with Gasteiger partial charge in [-0.25, -0.2) is 4.79 Å². The molecule has 1 aliphatic heterocycles. The molecule has 6 nitrogen and oxygen atoms in total. The van der Waals surface area contributed by atoms with Crippen LogP contribution in [0.5, 0.6) is 5.75 Å². The number of nitrogens with zero attached hydrogens (tertiary/aromatic N) is 1. The third-order valence-corrected chi connectivity index (χ3v) is 3.82. The topological polar surface area (TPSA) is 70.7 Å². The number of benzene rings is 2. The second-order valence-corrected chi connectivity index (χ2v) is 5.81. The molecule has 2 N–H and O–H groups in total. The van der Waals surface area contributed by atoms with Gasteiger partial charge in [0.25, 0.3) is 5.91 Å². The van der Waals surface area contributed by atoms with Crippen LogP contribution >= 0.6 is 11.6 Å². The highest BCUT2D eigenvalue weighted by molar-refractivity contribution is 6.30. The second-order valence-electron chi connectivity index (χ2n) is 5.38. The summed E-state index contributed by atoms with van der Waals surface area (Å²) in [5.74, 6) is 0.381. The Morgan fingerprint density at radius 1 is 1.17 bits per heavy atom. The molecule has 124 valence electrons. The molecular weight excluding hydrogens is 330 g/mol. The van der Waals surface area contributed by atoms with E-state index in [1.54, 1.807) is 54.4 Å². The number of hydrogen-bond donors (Lipinski definition) is 2. The molecule has 2 aromatic rings. The number of ether oxygens (including phenoxy) is 1. The van der Waals surface area contributed by atoms with E-state index < -0.39 is 6.03 Å². The van der Waals surface area contributed by atoms with Crippen molar-refractivity contribution in [1.82, 2.24) is 4.90 Å². The molecule has 0 unspecified atom stereocenters. The van der Waals surface area contributed by atoms with Gasteiger partial charge < -0.3 is 20.3 Å². The zero-order chi connectivity index (χ0) is 17.1. The highest BCUT2D eigenvalue weighted by atomic mass is 35.5. The smallest absolute Gasteiger partial charge is 0.323 e. The molecule has 0 saturated carbocycles. The third-order valence-electron chi connectivity index (χ3n) is 3.58. The molecule has 7 heteroatoms. The van der Waals surface area contributed by atoms with E-state index in [9.17, 15) is 9.59 Å². The molecule has 0 bridgehead atoms.